The van der Waals surface area contributed by atoms with E-state index in [1.54, 1.807) is 12.4 Å². The van der Waals surface area contributed by atoms with Crippen molar-refractivity contribution in [1.82, 2.24) is 9.97 Å². The molecule has 0 aromatic carbocycles. The third kappa shape index (κ3) is 2.30. The van der Waals surface area contributed by atoms with Gasteiger partial charge in [-0.05, 0) is 37.6 Å². The molecule has 18 heavy (non-hydrogen) atoms. The SMILES string of the molecule is CCOc1nc(C)c(-c2ccncc2)cc1C#N. The van der Waals surface area contributed by atoms with Gasteiger partial charge in [0, 0.05) is 23.7 Å². The molecule has 0 amide bonds. The molecule has 2 rings (SSSR count). The monoisotopic (exact) mass is 239 g/mol. The maximum Gasteiger partial charge on any atom is 0.231 e. The van der Waals surface area contributed by atoms with Crippen molar-refractivity contribution in [2.75, 3.05) is 6.61 Å². The maximum absolute atomic E-state index is 9.12. The lowest BCUT2D eigenvalue weighted by molar-refractivity contribution is 0.325. The fourth-order valence-electron chi connectivity index (χ4n) is 1.73. The fourth-order valence-corrected chi connectivity index (χ4v) is 1.73. The molecular weight excluding hydrogens is 226 g/mol. The molecule has 0 spiro atoms. The highest BCUT2D eigenvalue weighted by Gasteiger charge is 2.11. The Morgan fingerprint density at radius 3 is 2.67 bits per heavy atom. The van der Waals surface area contributed by atoms with Crippen LogP contribution >= 0.6 is 0 Å². The average Bonchev–Trinajstić information content (AvgIpc) is 2.40. The van der Waals surface area contributed by atoms with E-state index in [9.17, 15) is 0 Å². The summed E-state index contributed by atoms with van der Waals surface area (Å²) < 4.78 is 5.35. The van der Waals surface area contributed by atoms with Gasteiger partial charge in [0.2, 0.25) is 5.88 Å². The van der Waals surface area contributed by atoms with Crippen molar-refractivity contribution in [3.63, 3.8) is 0 Å². The van der Waals surface area contributed by atoms with Gasteiger partial charge in [0.05, 0.1) is 6.61 Å². The summed E-state index contributed by atoms with van der Waals surface area (Å²) in [7, 11) is 0. The predicted molar refractivity (Wildman–Crippen MR) is 68.1 cm³/mol. The van der Waals surface area contributed by atoms with E-state index in [2.05, 4.69) is 16.0 Å². The van der Waals surface area contributed by atoms with Gasteiger partial charge in [0.15, 0.2) is 0 Å². The number of rotatable bonds is 3. The molecule has 0 radical (unpaired) electrons. The summed E-state index contributed by atoms with van der Waals surface area (Å²) in [6.07, 6.45) is 3.44. The first-order valence-electron chi connectivity index (χ1n) is 5.71. The molecule has 4 heteroatoms. The van der Waals surface area contributed by atoms with Gasteiger partial charge >= 0.3 is 0 Å². The van der Waals surface area contributed by atoms with Crippen LogP contribution in [0.1, 0.15) is 18.2 Å². The average molecular weight is 239 g/mol. The Bertz CT molecular complexity index is 588. The second-order valence-corrected chi connectivity index (χ2v) is 3.75. The Balaban J connectivity index is 2.54. The minimum Gasteiger partial charge on any atom is -0.477 e. The van der Waals surface area contributed by atoms with Crippen LogP contribution in [0.5, 0.6) is 5.88 Å². The van der Waals surface area contributed by atoms with Gasteiger partial charge in [-0.2, -0.15) is 5.26 Å². The number of nitriles is 1. The molecule has 0 aliphatic rings. The van der Waals surface area contributed by atoms with Crippen LogP contribution in [0.4, 0.5) is 0 Å². The van der Waals surface area contributed by atoms with Crippen molar-refractivity contribution < 1.29 is 4.74 Å². The molecule has 0 saturated carbocycles. The summed E-state index contributed by atoms with van der Waals surface area (Å²) in [6, 6.07) is 7.71. The third-order valence-corrected chi connectivity index (χ3v) is 2.57. The quantitative estimate of drug-likeness (QED) is 0.826. The van der Waals surface area contributed by atoms with Crippen LogP contribution in [0.25, 0.3) is 11.1 Å². The summed E-state index contributed by atoms with van der Waals surface area (Å²) in [5, 5.41) is 9.12. The molecule has 0 fully saturated rings. The highest BCUT2D eigenvalue weighted by molar-refractivity contribution is 5.68. The van der Waals surface area contributed by atoms with E-state index in [1.165, 1.54) is 0 Å². The molecule has 2 heterocycles. The van der Waals surface area contributed by atoms with Crippen LogP contribution in [-0.4, -0.2) is 16.6 Å². The fraction of sp³-hybridized carbons (Fsp3) is 0.214. The number of hydrogen-bond acceptors (Lipinski definition) is 4. The van der Waals surface area contributed by atoms with E-state index in [-0.39, 0.29) is 0 Å². The minimum atomic E-state index is 0.398. The zero-order valence-electron chi connectivity index (χ0n) is 10.3. The van der Waals surface area contributed by atoms with Crippen molar-refractivity contribution in [3.8, 4) is 23.1 Å². The molecule has 4 nitrogen and oxygen atoms in total. The topological polar surface area (TPSA) is 58.8 Å². The Kier molecular flexibility index (Phi) is 3.54. The maximum atomic E-state index is 9.12. The first-order chi connectivity index (χ1) is 8.76. The van der Waals surface area contributed by atoms with Gasteiger partial charge in [-0.1, -0.05) is 0 Å². The lowest BCUT2D eigenvalue weighted by atomic mass is 10.0. The molecule has 0 aliphatic carbocycles. The van der Waals surface area contributed by atoms with Crippen molar-refractivity contribution in [2.24, 2.45) is 0 Å². The van der Waals surface area contributed by atoms with Crippen molar-refractivity contribution >= 4 is 0 Å². The number of pyridine rings is 2. The summed E-state index contributed by atoms with van der Waals surface area (Å²) in [5.41, 5.74) is 3.21. The van der Waals surface area contributed by atoms with Crippen LogP contribution in [-0.2, 0) is 0 Å². The van der Waals surface area contributed by atoms with E-state index >= 15 is 0 Å². The molecule has 0 aliphatic heterocycles. The van der Waals surface area contributed by atoms with Crippen LogP contribution in [0.3, 0.4) is 0 Å². The summed E-state index contributed by atoms with van der Waals surface area (Å²) in [5.74, 6) is 0.398. The highest BCUT2D eigenvalue weighted by atomic mass is 16.5. The van der Waals surface area contributed by atoms with Gasteiger partial charge in [-0.3, -0.25) is 4.98 Å². The number of hydrogen-bond donors (Lipinski definition) is 0. The smallest absolute Gasteiger partial charge is 0.231 e. The van der Waals surface area contributed by atoms with Gasteiger partial charge in [-0.15, -0.1) is 0 Å². The van der Waals surface area contributed by atoms with E-state index in [0.717, 1.165) is 16.8 Å². The van der Waals surface area contributed by atoms with Crippen molar-refractivity contribution in [2.45, 2.75) is 13.8 Å². The zero-order chi connectivity index (χ0) is 13.0. The van der Waals surface area contributed by atoms with Gasteiger partial charge in [0.25, 0.3) is 0 Å². The van der Waals surface area contributed by atoms with Gasteiger partial charge in [0.1, 0.15) is 11.6 Å². The van der Waals surface area contributed by atoms with E-state index < -0.39 is 0 Å². The second kappa shape index (κ2) is 5.28. The minimum absolute atomic E-state index is 0.398. The number of aryl methyl sites for hydroxylation is 1. The molecule has 0 saturated heterocycles. The third-order valence-electron chi connectivity index (χ3n) is 2.57. The van der Waals surface area contributed by atoms with Crippen molar-refractivity contribution in [3.05, 3.63) is 41.9 Å². The van der Waals surface area contributed by atoms with E-state index in [4.69, 9.17) is 10.00 Å². The van der Waals surface area contributed by atoms with Crippen LogP contribution in [0.15, 0.2) is 30.6 Å². The molecule has 0 unspecified atom stereocenters. The molecule has 0 atom stereocenters. The predicted octanol–water partition coefficient (Wildman–Crippen LogP) is 2.72. The zero-order valence-corrected chi connectivity index (χ0v) is 10.3. The standard InChI is InChI=1S/C14H13N3O/c1-3-18-14-12(9-15)8-13(10(2)17-14)11-4-6-16-7-5-11/h4-8H,3H2,1-2H3. The molecule has 90 valence electrons. The summed E-state index contributed by atoms with van der Waals surface area (Å²) >= 11 is 0. The Morgan fingerprint density at radius 1 is 1.33 bits per heavy atom. The van der Waals surface area contributed by atoms with Crippen LogP contribution in [0.2, 0.25) is 0 Å². The van der Waals surface area contributed by atoms with Crippen molar-refractivity contribution in [1.29, 1.82) is 5.26 Å². The van der Waals surface area contributed by atoms with Crippen LogP contribution in [0, 0.1) is 18.3 Å². The Morgan fingerprint density at radius 2 is 2.06 bits per heavy atom. The first-order valence-corrected chi connectivity index (χ1v) is 5.71. The molecule has 2 aromatic rings. The van der Waals surface area contributed by atoms with Crippen LogP contribution < -0.4 is 4.74 Å². The largest absolute Gasteiger partial charge is 0.477 e. The number of nitrogens with zero attached hydrogens (tertiary/aromatic N) is 3. The lowest BCUT2D eigenvalue weighted by Crippen LogP contribution is -2.00. The normalized spacial score (nSPS) is 9.83. The number of ether oxygens (including phenoxy) is 1. The first kappa shape index (κ1) is 12.1. The van der Waals surface area contributed by atoms with E-state index in [0.29, 0.717) is 18.1 Å². The molecule has 0 N–H and O–H groups in total. The molecule has 0 bridgehead atoms. The Hall–Kier alpha value is -2.41. The second-order valence-electron chi connectivity index (χ2n) is 3.75. The van der Waals surface area contributed by atoms with Gasteiger partial charge in [-0.25, -0.2) is 4.98 Å². The molecule has 2 aromatic heterocycles. The lowest BCUT2D eigenvalue weighted by Gasteiger charge is -2.10. The highest BCUT2D eigenvalue weighted by Crippen LogP contribution is 2.26. The number of aromatic nitrogens is 2. The molecular formula is C14H13N3O. The van der Waals surface area contributed by atoms with E-state index in [1.807, 2.05) is 32.0 Å². The summed E-state index contributed by atoms with van der Waals surface area (Å²) in [4.78, 5) is 8.32. The van der Waals surface area contributed by atoms with Gasteiger partial charge < -0.3 is 4.74 Å². The Labute approximate surface area is 106 Å². The summed E-state index contributed by atoms with van der Waals surface area (Å²) in [6.45, 7) is 4.27.